The number of methoxy groups -OCH3 is 1. The topological polar surface area (TPSA) is 265 Å². The van der Waals surface area contributed by atoms with Crippen LogP contribution in [0.1, 0.15) is 38.1 Å². The van der Waals surface area contributed by atoms with Crippen molar-refractivity contribution in [2.75, 3.05) is 59.1 Å². The van der Waals surface area contributed by atoms with Crippen LogP contribution in [0.25, 0.3) is 22.3 Å². The summed E-state index contributed by atoms with van der Waals surface area (Å²) in [5, 5.41) is 26.7. The normalized spacial score (nSPS) is 15.4. The molecule has 0 aliphatic carbocycles. The smallest absolute Gasteiger partial charge is 0.328 e. The molecule has 0 saturated carbocycles. The van der Waals surface area contributed by atoms with E-state index in [1.165, 1.54) is 43.7 Å². The molecule has 0 fully saturated rings. The number of nitrogens with one attached hydrogen (secondary N) is 2. The van der Waals surface area contributed by atoms with E-state index in [1.807, 2.05) is 48.5 Å². The molecule has 0 unspecified atom stereocenters. The van der Waals surface area contributed by atoms with E-state index in [-0.39, 0.29) is 64.3 Å². The predicted molar refractivity (Wildman–Crippen MR) is 228 cm³/mol. The Bertz CT molecular complexity index is 2520. The van der Waals surface area contributed by atoms with Crippen LogP contribution in [-0.4, -0.2) is 144 Å². The molecule has 2 atom stereocenters. The second kappa shape index (κ2) is 19.7. The number of sulfone groups is 2. The van der Waals surface area contributed by atoms with E-state index in [9.17, 15) is 36.0 Å². The van der Waals surface area contributed by atoms with E-state index in [2.05, 4.69) is 0 Å². The van der Waals surface area contributed by atoms with Crippen molar-refractivity contribution in [3.8, 4) is 33.8 Å². The third kappa shape index (κ3) is 10.5. The van der Waals surface area contributed by atoms with Crippen LogP contribution in [0.5, 0.6) is 11.5 Å². The first-order valence-electron chi connectivity index (χ1n) is 19.6. The summed E-state index contributed by atoms with van der Waals surface area (Å²) in [6, 6.07) is 17.9. The molecule has 0 spiro atoms. The Kier molecular flexibility index (Phi) is 15.1. The van der Waals surface area contributed by atoms with Gasteiger partial charge in [0.25, 0.3) is 11.8 Å². The Labute approximate surface area is 364 Å². The van der Waals surface area contributed by atoms with Gasteiger partial charge in [-0.15, -0.1) is 0 Å². The number of hydroxylamine groups is 2. The van der Waals surface area contributed by atoms with Crippen molar-refractivity contribution in [1.29, 1.82) is 0 Å². The highest BCUT2D eigenvalue weighted by Gasteiger charge is 2.45. The quantitative estimate of drug-likeness (QED) is 0.0515. The average molecular weight is 917 g/mol. The fraction of sp³-hybridized carbons (Fsp3) is 0.415. The van der Waals surface area contributed by atoms with Crippen LogP contribution in [0.4, 0.5) is 9.59 Å². The van der Waals surface area contributed by atoms with Crippen LogP contribution in [0.3, 0.4) is 0 Å². The van der Waals surface area contributed by atoms with Crippen molar-refractivity contribution < 1.29 is 65.7 Å². The highest BCUT2D eigenvalue weighted by atomic mass is 32.2. The third-order valence-electron chi connectivity index (χ3n) is 11.3. The van der Waals surface area contributed by atoms with Crippen molar-refractivity contribution in [1.82, 2.24) is 29.9 Å². The van der Waals surface area contributed by atoms with Gasteiger partial charge in [0.1, 0.15) is 24.7 Å². The first-order valence-corrected chi connectivity index (χ1v) is 23.3. The van der Waals surface area contributed by atoms with Gasteiger partial charge in [-0.25, -0.2) is 37.4 Å². The molecule has 0 bridgehead atoms. The number of carbonyl (C=O) groups excluding carboxylic acids is 4. The van der Waals surface area contributed by atoms with Crippen molar-refractivity contribution in [2.45, 2.75) is 49.3 Å². The summed E-state index contributed by atoms with van der Waals surface area (Å²) in [6.07, 6.45) is 4.98. The van der Waals surface area contributed by atoms with Crippen LogP contribution in [0, 0.1) is 0 Å². The van der Waals surface area contributed by atoms with Crippen molar-refractivity contribution in [3.05, 3.63) is 84.4 Å². The molecule has 20 nitrogen and oxygen atoms in total. The SMILES string of the molecule is COCCOc1ccc(-c2cc3n(c2)C(=O)N(CC[C@](C)(C(=O)NO)S(C)(=O)=O)C3)cc1.C[C@@](CCN1Cc2cc(-c3ccc(OCCO)cc3)cn2C1=O)(C(=O)NO)S(C)(=O)=O. The molecule has 6 rings (SSSR count). The lowest BCUT2D eigenvalue weighted by Crippen LogP contribution is -2.50. The Morgan fingerprint density at radius 2 is 1.03 bits per heavy atom. The molecule has 4 aromatic rings. The molecule has 0 radical (unpaired) electrons. The van der Waals surface area contributed by atoms with Gasteiger partial charge in [-0.1, -0.05) is 24.3 Å². The lowest BCUT2D eigenvalue weighted by molar-refractivity contribution is -0.132. The van der Waals surface area contributed by atoms with E-state index in [4.69, 9.17) is 29.7 Å². The molecule has 4 heterocycles. The number of ether oxygens (including phenoxy) is 3. The number of carbonyl (C=O) groups is 4. The maximum absolute atomic E-state index is 12.8. The minimum absolute atomic E-state index is 0.0315. The fourth-order valence-electron chi connectivity index (χ4n) is 6.87. The number of hydrogen-bond donors (Lipinski definition) is 5. The number of fused-ring (bicyclic) bond motifs is 2. The molecule has 2 aliphatic rings. The summed E-state index contributed by atoms with van der Waals surface area (Å²) in [7, 11) is -6.05. The van der Waals surface area contributed by atoms with Gasteiger partial charge in [0.05, 0.1) is 26.3 Å². The molecule has 22 heteroatoms. The number of aliphatic hydroxyl groups is 1. The van der Waals surface area contributed by atoms with Crippen molar-refractivity contribution in [3.63, 3.8) is 0 Å². The van der Waals surface area contributed by atoms with Crippen LogP contribution in [0.15, 0.2) is 73.1 Å². The van der Waals surface area contributed by atoms with E-state index in [0.29, 0.717) is 19.0 Å². The monoisotopic (exact) mass is 916 g/mol. The minimum Gasteiger partial charge on any atom is -0.491 e. The first-order chi connectivity index (χ1) is 29.7. The first kappa shape index (κ1) is 48.3. The Morgan fingerprint density at radius 3 is 1.35 bits per heavy atom. The summed E-state index contributed by atoms with van der Waals surface area (Å²) in [5.41, 5.74) is 7.86. The minimum atomic E-state index is -3.83. The van der Waals surface area contributed by atoms with E-state index in [0.717, 1.165) is 51.9 Å². The van der Waals surface area contributed by atoms with E-state index in [1.54, 1.807) is 31.6 Å². The molecule has 0 saturated heterocycles. The third-order valence-corrected chi connectivity index (χ3v) is 15.3. The Balaban J connectivity index is 0.000000238. The van der Waals surface area contributed by atoms with Crippen LogP contribution >= 0.6 is 0 Å². The average Bonchev–Trinajstić information content (AvgIpc) is 4.02. The number of nitrogens with zero attached hydrogens (tertiary/aromatic N) is 4. The van der Waals surface area contributed by atoms with Gasteiger partial charge in [0.15, 0.2) is 29.2 Å². The number of benzene rings is 2. The molecule has 5 N–H and O–H groups in total. The lowest BCUT2D eigenvalue weighted by Gasteiger charge is -2.27. The summed E-state index contributed by atoms with van der Waals surface area (Å²) >= 11 is 0. The van der Waals surface area contributed by atoms with Gasteiger partial charge in [-0.3, -0.25) is 29.1 Å². The summed E-state index contributed by atoms with van der Waals surface area (Å²) in [6.45, 7) is 4.19. The van der Waals surface area contributed by atoms with Crippen LogP contribution in [-0.2, 0) is 47.1 Å². The maximum atomic E-state index is 12.8. The lowest BCUT2D eigenvalue weighted by atomic mass is 10.1. The van der Waals surface area contributed by atoms with E-state index < -0.39 is 41.0 Å². The summed E-state index contributed by atoms with van der Waals surface area (Å²) in [5.74, 6) is -0.702. The maximum Gasteiger partial charge on any atom is 0.328 e. The second-order valence-electron chi connectivity index (χ2n) is 15.4. The standard InChI is InChI=1S/C21H27N3O7S.C20H25N3O7S/c1-21(19(25)22-27,32(3,28)29)8-9-23-14-17-12-16(13-24(17)20(23)26)15-4-6-18(7-5-15)31-11-10-30-2;1-20(18(25)21-27,31(2,28)29)7-8-22-13-16-11-15(12-23(16)19(22)26)14-3-5-17(6-4-14)30-10-9-24/h4-7,12-13,27H,8-11,14H2,1-3H3,(H,22,25);3-6,11-12,24,27H,7-10,13H2,1-2H3,(H,21,25)/t21-;20-/m11/s1. The molecule has 342 valence electrons. The Morgan fingerprint density at radius 1 is 0.651 bits per heavy atom. The highest BCUT2D eigenvalue weighted by molar-refractivity contribution is 7.93. The molecular formula is C41H52N6O14S2. The highest BCUT2D eigenvalue weighted by Crippen LogP contribution is 2.32. The van der Waals surface area contributed by atoms with Gasteiger partial charge < -0.3 is 29.1 Å². The zero-order chi connectivity index (χ0) is 46.3. The van der Waals surface area contributed by atoms with Gasteiger partial charge in [-0.05, 0) is 74.2 Å². The number of amides is 4. The van der Waals surface area contributed by atoms with Gasteiger partial charge in [-0.2, -0.15) is 0 Å². The van der Waals surface area contributed by atoms with Crippen molar-refractivity contribution in [2.24, 2.45) is 0 Å². The van der Waals surface area contributed by atoms with E-state index >= 15 is 0 Å². The van der Waals surface area contributed by atoms with Crippen LogP contribution < -0.4 is 20.4 Å². The predicted octanol–water partition coefficient (Wildman–Crippen LogP) is 2.67. The zero-order valence-electron chi connectivity index (χ0n) is 35.4. The molecule has 2 aromatic heterocycles. The molecule has 4 amide bonds. The van der Waals surface area contributed by atoms with Gasteiger partial charge >= 0.3 is 12.1 Å². The fourth-order valence-corrected chi connectivity index (χ4v) is 8.56. The largest absolute Gasteiger partial charge is 0.491 e. The second-order valence-corrected chi connectivity index (χ2v) is 20.3. The Hall–Kier alpha value is -5.78. The molecular weight excluding hydrogens is 865 g/mol. The molecule has 2 aliphatic heterocycles. The molecule has 63 heavy (non-hydrogen) atoms. The van der Waals surface area contributed by atoms with Gasteiger partial charge in [0.2, 0.25) is 0 Å². The van der Waals surface area contributed by atoms with Crippen LogP contribution in [0.2, 0.25) is 0 Å². The zero-order valence-corrected chi connectivity index (χ0v) is 37.1. The summed E-state index contributed by atoms with van der Waals surface area (Å²) in [4.78, 5) is 52.4. The van der Waals surface area contributed by atoms with Crippen molar-refractivity contribution >= 4 is 43.6 Å². The van der Waals surface area contributed by atoms with Gasteiger partial charge in [0, 0.05) is 67.6 Å². The number of aromatic nitrogens is 2. The number of rotatable bonds is 19. The summed E-state index contributed by atoms with van der Waals surface area (Å²) < 4.78 is 63.6. The molecule has 2 aromatic carbocycles. The number of aliphatic hydroxyl groups excluding tert-OH is 1. The number of hydrogen-bond acceptors (Lipinski definition) is 14.